The molecule has 0 atom stereocenters. The molecule has 126 valence electrons. The summed E-state index contributed by atoms with van der Waals surface area (Å²) in [5.74, 6) is 0.142. The molecule has 0 spiro atoms. The first-order valence-electron chi connectivity index (χ1n) is 8.10. The number of ketones is 1. The van der Waals surface area contributed by atoms with Crippen LogP contribution in [0.2, 0.25) is 0 Å². The van der Waals surface area contributed by atoms with Crippen molar-refractivity contribution in [1.82, 2.24) is 0 Å². The highest BCUT2D eigenvalue weighted by Gasteiger charge is 2.36. The lowest BCUT2D eigenvalue weighted by Crippen LogP contribution is -2.39. The highest BCUT2D eigenvalue weighted by Crippen LogP contribution is 2.38. The maximum atomic E-state index is 12.9. The number of ether oxygens (including phenoxy) is 1. The Hall–Kier alpha value is -3.15. The molecule has 2 aromatic carbocycles. The second kappa shape index (κ2) is 6.05. The first kappa shape index (κ1) is 15.4. The summed E-state index contributed by atoms with van der Waals surface area (Å²) < 4.78 is 4.79. The zero-order valence-electron chi connectivity index (χ0n) is 13.8. The van der Waals surface area contributed by atoms with E-state index in [1.165, 1.54) is 7.11 Å². The van der Waals surface area contributed by atoms with Crippen LogP contribution in [-0.2, 0) is 4.74 Å². The molecular weight excluding hydrogens is 318 g/mol. The molecule has 25 heavy (non-hydrogen) atoms. The minimum Gasteiger partial charge on any atom is -0.465 e. The number of para-hydroxylation sites is 2. The van der Waals surface area contributed by atoms with Crippen molar-refractivity contribution in [2.45, 2.75) is 0 Å². The average molecular weight is 335 g/mol. The molecule has 4 rings (SSSR count). The van der Waals surface area contributed by atoms with Gasteiger partial charge in [0, 0.05) is 12.1 Å². The second-order valence-electron chi connectivity index (χ2n) is 5.87. The van der Waals surface area contributed by atoms with E-state index >= 15 is 0 Å². The average Bonchev–Trinajstić information content (AvgIpc) is 3.24. The van der Waals surface area contributed by atoms with Crippen LogP contribution >= 0.6 is 0 Å². The van der Waals surface area contributed by atoms with Gasteiger partial charge in [-0.1, -0.05) is 30.3 Å². The van der Waals surface area contributed by atoms with E-state index in [1.54, 1.807) is 24.3 Å². The Bertz CT molecular complexity index is 891. The number of carbonyl (C=O) groups is 2. The summed E-state index contributed by atoms with van der Waals surface area (Å²) in [5, 5.41) is 0. The quantitative estimate of drug-likeness (QED) is 0.634. The van der Waals surface area contributed by atoms with Gasteiger partial charge in [-0.3, -0.25) is 9.79 Å². The number of hydrogen-bond donors (Lipinski definition) is 0. The molecule has 2 aromatic rings. The minimum atomic E-state index is -0.509. The van der Waals surface area contributed by atoms with E-state index in [-0.39, 0.29) is 17.9 Å². The lowest BCUT2D eigenvalue weighted by molar-refractivity contribution is 0.0597. The number of carbonyl (C=O) groups excluding carboxylic acids is 2. The highest BCUT2D eigenvalue weighted by atomic mass is 16.5. The summed E-state index contributed by atoms with van der Waals surface area (Å²) >= 11 is 0. The topological polar surface area (TPSA) is 62.2 Å². The summed E-state index contributed by atoms with van der Waals surface area (Å²) in [7, 11) is 1.31. The van der Waals surface area contributed by atoms with Crippen molar-refractivity contribution in [2.24, 2.45) is 4.99 Å². The van der Waals surface area contributed by atoms with E-state index in [2.05, 4.69) is 9.89 Å². The van der Waals surface area contributed by atoms with Gasteiger partial charge in [0.1, 0.15) is 0 Å². The first-order valence-corrected chi connectivity index (χ1v) is 8.10. The van der Waals surface area contributed by atoms with Crippen LogP contribution in [0.25, 0.3) is 0 Å². The molecule has 0 unspecified atom stereocenters. The van der Waals surface area contributed by atoms with Crippen LogP contribution in [0.3, 0.4) is 0 Å². The zero-order valence-corrected chi connectivity index (χ0v) is 13.8. The third-order valence-electron chi connectivity index (χ3n) is 4.46. The molecule has 0 radical (unpaired) electrons. The van der Waals surface area contributed by atoms with Crippen molar-refractivity contribution in [2.75, 3.05) is 36.5 Å². The molecule has 6 heteroatoms. The largest absolute Gasteiger partial charge is 0.465 e. The standard InChI is InChI=1S/C19H17N3O3/c1-25-18(24)14-7-3-2-6-13(14)17(23)12-22-16-9-5-4-8-15(16)21-11-10-20-19(21)22/h2-9H,10-12H2,1H3. The van der Waals surface area contributed by atoms with E-state index in [0.29, 0.717) is 12.1 Å². The van der Waals surface area contributed by atoms with Crippen molar-refractivity contribution >= 4 is 29.1 Å². The van der Waals surface area contributed by atoms with Crippen LogP contribution in [0.15, 0.2) is 53.5 Å². The summed E-state index contributed by atoms with van der Waals surface area (Å²) in [5.41, 5.74) is 2.68. The summed E-state index contributed by atoms with van der Waals surface area (Å²) in [4.78, 5) is 33.4. The van der Waals surface area contributed by atoms with Crippen LogP contribution in [0.4, 0.5) is 11.4 Å². The molecule has 6 nitrogen and oxygen atoms in total. The molecule has 0 bridgehead atoms. The number of aliphatic imine (C=N–C) groups is 1. The Morgan fingerprint density at radius 1 is 1.04 bits per heavy atom. The third kappa shape index (κ3) is 2.46. The number of fused-ring (bicyclic) bond motifs is 3. The van der Waals surface area contributed by atoms with Gasteiger partial charge < -0.3 is 14.5 Å². The van der Waals surface area contributed by atoms with Gasteiger partial charge in [-0.2, -0.15) is 0 Å². The van der Waals surface area contributed by atoms with Crippen molar-refractivity contribution in [3.8, 4) is 0 Å². The van der Waals surface area contributed by atoms with Gasteiger partial charge in [-0.25, -0.2) is 4.79 Å². The van der Waals surface area contributed by atoms with Gasteiger partial charge in [0.2, 0.25) is 5.96 Å². The predicted molar refractivity (Wildman–Crippen MR) is 95.5 cm³/mol. The monoisotopic (exact) mass is 335 g/mol. The first-order chi connectivity index (χ1) is 12.2. The molecule has 0 fully saturated rings. The minimum absolute atomic E-state index is 0.125. The molecule has 0 aromatic heterocycles. The molecule has 0 aliphatic carbocycles. The van der Waals surface area contributed by atoms with Crippen molar-refractivity contribution in [3.05, 3.63) is 59.7 Å². The van der Waals surface area contributed by atoms with Gasteiger partial charge in [0.15, 0.2) is 5.78 Å². The van der Waals surface area contributed by atoms with Crippen LogP contribution in [0.1, 0.15) is 20.7 Å². The number of nitrogens with zero attached hydrogens (tertiary/aromatic N) is 3. The fraction of sp³-hybridized carbons (Fsp3) is 0.211. The molecule has 0 saturated carbocycles. The van der Waals surface area contributed by atoms with E-state index in [0.717, 1.165) is 23.9 Å². The molecule has 2 aliphatic rings. The zero-order chi connectivity index (χ0) is 17.4. The van der Waals surface area contributed by atoms with Crippen LogP contribution in [0.5, 0.6) is 0 Å². The smallest absolute Gasteiger partial charge is 0.338 e. The Morgan fingerprint density at radius 2 is 1.72 bits per heavy atom. The van der Waals surface area contributed by atoms with Crippen molar-refractivity contribution < 1.29 is 14.3 Å². The summed E-state index contributed by atoms with van der Waals surface area (Å²) in [6.07, 6.45) is 0. The van der Waals surface area contributed by atoms with Gasteiger partial charge in [0.05, 0.1) is 37.1 Å². The lowest BCUT2D eigenvalue weighted by atomic mass is 10.0. The third-order valence-corrected chi connectivity index (χ3v) is 4.46. The Labute approximate surface area is 145 Å². The number of methoxy groups -OCH3 is 1. The maximum absolute atomic E-state index is 12.9. The number of Topliss-reactive ketones (excluding diaryl/α,β-unsaturated/α-hetero) is 1. The molecular formula is C19H17N3O3. The molecule has 2 aliphatic heterocycles. The fourth-order valence-electron chi connectivity index (χ4n) is 3.32. The van der Waals surface area contributed by atoms with Crippen LogP contribution < -0.4 is 9.80 Å². The predicted octanol–water partition coefficient (Wildman–Crippen LogP) is 2.35. The van der Waals surface area contributed by atoms with Crippen LogP contribution in [-0.4, -0.2) is 44.5 Å². The van der Waals surface area contributed by atoms with E-state index in [9.17, 15) is 9.59 Å². The molecule has 2 heterocycles. The van der Waals surface area contributed by atoms with Crippen molar-refractivity contribution in [1.29, 1.82) is 0 Å². The van der Waals surface area contributed by atoms with Gasteiger partial charge >= 0.3 is 5.97 Å². The van der Waals surface area contributed by atoms with E-state index in [4.69, 9.17) is 4.74 Å². The summed E-state index contributed by atoms with van der Waals surface area (Å²) in [6.45, 7) is 1.66. The Kier molecular flexibility index (Phi) is 3.72. The van der Waals surface area contributed by atoms with Crippen molar-refractivity contribution in [3.63, 3.8) is 0 Å². The molecule has 0 amide bonds. The SMILES string of the molecule is COC(=O)c1ccccc1C(=O)CN1C2=NCCN2c2ccccc21. The number of esters is 1. The fourth-order valence-corrected chi connectivity index (χ4v) is 3.32. The van der Waals surface area contributed by atoms with E-state index < -0.39 is 5.97 Å². The Balaban J connectivity index is 1.67. The van der Waals surface area contributed by atoms with Crippen LogP contribution in [0, 0.1) is 0 Å². The Morgan fingerprint density at radius 3 is 2.48 bits per heavy atom. The van der Waals surface area contributed by atoms with Gasteiger partial charge in [-0.15, -0.1) is 0 Å². The number of guanidine groups is 1. The number of benzene rings is 2. The molecule has 0 saturated heterocycles. The highest BCUT2D eigenvalue weighted by molar-refractivity contribution is 6.20. The number of rotatable bonds is 4. The van der Waals surface area contributed by atoms with E-state index in [1.807, 2.05) is 29.2 Å². The number of anilines is 2. The number of hydrogen-bond acceptors (Lipinski definition) is 6. The van der Waals surface area contributed by atoms with Gasteiger partial charge in [0.25, 0.3) is 0 Å². The summed E-state index contributed by atoms with van der Waals surface area (Å²) in [6, 6.07) is 14.7. The normalized spacial score (nSPS) is 14.8. The van der Waals surface area contributed by atoms with Gasteiger partial charge in [-0.05, 0) is 18.2 Å². The second-order valence-corrected chi connectivity index (χ2v) is 5.87. The maximum Gasteiger partial charge on any atom is 0.338 e. The molecule has 0 N–H and O–H groups in total. The lowest BCUT2D eigenvalue weighted by Gasteiger charge is -2.19.